The maximum absolute atomic E-state index is 5.46. The van der Waals surface area contributed by atoms with E-state index < -0.39 is 0 Å². The molecule has 0 saturated heterocycles. The molecule has 0 aromatic heterocycles. The predicted molar refractivity (Wildman–Crippen MR) is 41.1 cm³/mol. The fourth-order valence-electron chi connectivity index (χ4n) is 0.749. The van der Waals surface area contributed by atoms with Crippen molar-refractivity contribution >= 4 is 5.84 Å². The highest BCUT2D eigenvalue weighted by molar-refractivity contribution is 5.93. The molecule has 0 aliphatic carbocycles. The van der Waals surface area contributed by atoms with Crippen LogP contribution in [0.25, 0.3) is 0 Å². The highest BCUT2D eigenvalue weighted by Gasteiger charge is 2.02. The minimum absolute atomic E-state index is 0.624. The van der Waals surface area contributed by atoms with E-state index in [1.807, 2.05) is 13.0 Å². The SMILES string of the molecule is CC1=CC(N(C)N)=NCN1. The van der Waals surface area contributed by atoms with E-state index in [-0.39, 0.29) is 0 Å². The van der Waals surface area contributed by atoms with Crippen LogP contribution in [0.2, 0.25) is 0 Å². The average Bonchev–Trinajstić information content (AvgIpc) is 1.88. The van der Waals surface area contributed by atoms with Crippen LogP contribution in [0.4, 0.5) is 0 Å². The van der Waals surface area contributed by atoms with Crippen molar-refractivity contribution in [2.45, 2.75) is 6.92 Å². The molecule has 0 aromatic carbocycles. The number of nitrogens with two attached hydrogens (primary N) is 1. The van der Waals surface area contributed by atoms with Crippen molar-refractivity contribution in [2.24, 2.45) is 10.8 Å². The molecule has 0 aromatic rings. The van der Waals surface area contributed by atoms with Gasteiger partial charge in [-0.25, -0.2) is 10.8 Å². The summed E-state index contributed by atoms with van der Waals surface area (Å²) in [7, 11) is 1.77. The maximum atomic E-state index is 5.46. The second kappa shape index (κ2) is 2.70. The van der Waals surface area contributed by atoms with E-state index in [2.05, 4.69) is 10.3 Å². The fourth-order valence-corrected chi connectivity index (χ4v) is 0.749. The Labute approximate surface area is 60.4 Å². The first kappa shape index (κ1) is 7.08. The summed E-state index contributed by atoms with van der Waals surface area (Å²) in [6.45, 7) is 2.61. The summed E-state index contributed by atoms with van der Waals surface area (Å²) in [6.07, 6.45) is 1.91. The molecule has 0 fully saturated rings. The summed E-state index contributed by atoms with van der Waals surface area (Å²) in [5, 5.41) is 4.56. The van der Waals surface area contributed by atoms with Gasteiger partial charge in [-0.05, 0) is 6.92 Å². The van der Waals surface area contributed by atoms with Gasteiger partial charge in [0.15, 0.2) is 0 Å². The predicted octanol–water partition coefficient (Wildman–Crippen LogP) is -0.345. The van der Waals surface area contributed by atoms with Gasteiger partial charge in [-0.3, -0.25) is 5.01 Å². The van der Waals surface area contributed by atoms with Crippen LogP contribution in [0.15, 0.2) is 16.8 Å². The first-order valence-corrected chi connectivity index (χ1v) is 3.15. The van der Waals surface area contributed by atoms with Crippen LogP contribution in [0, 0.1) is 0 Å². The number of allylic oxidation sites excluding steroid dienone is 1. The molecule has 4 nitrogen and oxygen atoms in total. The second-order valence-corrected chi connectivity index (χ2v) is 2.29. The molecule has 10 heavy (non-hydrogen) atoms. The number of rotatable bonds is 0. The molecule has 0 saturated carbocycles. The Balaban J connectivity index is 2.69. The van der Waals surface area contributed by atoms with E-state index in [0.717, 1.165) is 11.5 Å². The summed E-state index contributed by atoms with van der Waals surface area (Å²) in [5.41, 5.74) is 1.10. The molecular formula is C6H12N4. The lowest BCUT2D eigenvalue weighted by atomic mass is 10.3. The molecule has 1 rings (SSSR count). The van der Waals surface area contributed by atoms with Crippen LogP contribution in [0.3, 0.4) is 0 Å². The third kappa shape index (κ3) is 1.48. The second-order valence-electron chi connectivity index (χ2n) is 2.29. The molecule has 3 N–H and O–H groups in total. The van der Waals surface area contributed by atoms with Gasteiger partial charge in [0.25, 0.3) is 0 Å². The lowest BCUT2D eigenvalue weighted by molar-refractivity contribution is 0.533. The number of aliphatic imine (C=N–C) groups is 1. The van der Waals surface area contributed by atoms with Crippen LogP contribution in [0.1, 0.15) is 6.92 Å². The molecule has 1 aliphatic heterocycles. The number of hydrogen-bond donors (Lipinski definition) is 2. The van der Waals surface area contributed by atoms with E-state index in [9.17, 15) is 0 Å². The zero-order valence-corrected chi connectivity index (χ0v) is 6.26. The van der Waals surface area contributed by atoms with E-state index >= 15 is 0 Å². The highest BCUT2D eigenvalue weighted by Crippen LogP contribution is 1.96. The van der Waals surface area contributed by atoms with Crippen molar-refractivity contribution in [3.05, 3.63) is 11.8 Å². The molecule has 0 amide bonds. The molecular weight excluding hydrogens is 128 g/mol. The van der Waals surface area contributed by atoms with Gasteiger partial charge in [0, 0.05) is 18.8 Å². The van der Waals surface area contributed by atoms with Gasteiger partial charge in [-0.1, -0.05) is 0 Å². The van der Waals surface area contributed by atoms with Crippen molar-refractivity contribution in [3.8, 4) is 0 Å². The van der Waals surface area contributed by atoms with Gasteiger partial charge in [-0.15, -0.1) is 0 Å². The zero-order chi connectivity index (χ0) is 7.56. The summed E-state index contributed by atoms with van der Waals surface area (Å²) in [6, 6.07) is 0. The lowest BCUT2D eigenvalue weighted by Gasteiger charge is -2.17. The Kier molecular flexibility index (Phi) is 1.91. The highest BCUT2D eigenvalue weighted by atomic mass is 15.4. The first-order valence-electron chi connectivity index (χ1n) is 3.15. The monoisotopic (exact) mass is 140 g/mol. The molecule has 1 heterocycles. The van der Waals surface area contributed by atoms with Crippen LogP contribution in [0.5, 0.6) is 0 Å². The van der Waals surface area contributed by atoms with E-state index in [1.165, 1.54) is 5.01 Å². The molecule has 56 valence electrons. The number of hydrogen-bond acceptors (Lipinski definition) is 4. The quantitative estimate of drug-likeness (QED) is 0.357. The summed E-state index contributed by atoms with van der Waals surface area (Å²) < 4.78 is 0. The maximum Gasteiger partial charge on any atom is 0.141 e. The molecule has 0 spiro atoms. The van der Waals surface area contributed by atoms with Crippen molar-refractivity contribution in [3.63, 3.8) is 0 Å². The van der Waals surface area contributed by atoms with Gasteiger partial charge >= 0.3 is 0 Å². The minimum atomic E-state index is 0.624. The van der Waals surface area contributed by atoms with Crippen LogP contribution >= 0.6 is 0 Å². The van der Waals surface area contributed by atoms with E-state index in [0.29, 0.717) is 6.67 Å². The Morgan fingerprint density at radius 2 is 2.50 bits per heavy atom. The van der Waals surface area contributed by atoms with Gasteiger partial charge in [0.2, 0.25) is 0 Å². The zero-order valence-electron chi connectivity index (χ0n) is 6.26. The molecule has 0 radical (unpaired) electrons. The number of likely N-dealkylation sites (N-methyl/N-ethyl adjacent to an activating group) is 1. The first-order chi connectivity index (χ1) is 4.70. The molecule has 0 unspecified atom stereocenters. The van der Waals surface area contributed by atoms with Crippen molar-refractivity contribution in [1.29, 1.82) is 0 Å². The Morgan fingerprint density at radius 3 is 2.90 bits per heavy atom. The number of hydrazine groups is 1. The topological polar surface area (TPSA) is 53.6 Å². The third-order valence-electron chi connectivity index (χ3n) is 1.31. The number of nitrogens with one attached hydrogen (secondary N) is 1. The van der Waals surface area contributed by atoms with Gasteiger partial charge < -0.3 is 5.32 Å². The number of amidine groups is 1. The van der Waals surface area contributed by atoms with Crippen LogP contribution in [-0.2, 0) is 0 Å². The Morgan fingerprint density at radius 1 is 1.80 bits per heavy atom. The van der Waals surface area contributed by atoms with Gasteiger partial charge in [-0.2, -0.15) is 0 Å². The van der Waals surface area contributed by atoms with Crippen molar-refractivity contribution in [2.75, 3.05) is 13.7 Å². The summed E-state index contributed by atoms with van der Waals surface area (Å²) in [4.78, 5) is 4.11. The van der Waals surface area contributed by atoms with Crippen LogP contribution in [-0.4, -0.2) is 24.6 Å². The average molecular weight is 140 g/mol. The molecule has 1 aliphatic rings. The number of nitrogens with zero attached hydrogens (tertiary/aromatic N) is 2. The van der Waals surface area contributed by atoms with Crippen molar-refractivity contribution < 1.29 is 0 Å². The van der Waals surface area contributed by atoms with E-state index in [1.54, 1.807) is 7.05 Å². The van der Waals surface area contributed by atoms with Gasteiger partial charge in [0.1, 0.15) is 12.5 Å². The van der Waals surface area contributed by atoms with Gasteiger partial charge in [0.05, 0.1) is 0 Å². The fraction of sp³-hybridized carbons (Fsp3) is 0.500. The summed E-state index contributed by atoms with van der Waals surface area (Å²) >= 11 is 0. The minimum Gasteiger partial charge on any atom is -0.370 e. The molecule has 0 bridgehead atoms. The largest absolute Gasteiger partial charge is 0.370 e. The third-order valence-corrected chi connectivity index (χ3v) is 1.31. The van der Waals surface area contributed by atoms with Crippen molar-refractivity contribution in [1.82, 2.24) is 10.3 Å². The van der Waals surface area contributed by atoms with Crippen LogP contribution < -0.4 is 11.2 Å². The normalized spacial score (nSPS) is 17.1. The summed E-state index contributed by atoms with van der Waals surface area (Å²) in [5.74, 6) is 6.28. The Hall–Kier alpha value is -1.03. The Bertz CT molecular complexity index is 180. The molecule has 4 heteroatoms. The standard InChI is InChI=1S/C6H12N4/c1-5-3-6(10(2)7)9-4-8-5/h3,8H,4,7H2,1-2H3. The lowest BCUT2D eigenvalue weighted by Crippen LogP contribution is -2.35. The smallest absolute Gasteiger partial charge is 0.141 e. The molecule has 0 atom stereocenters. The van der Waals surface area contributed by atoms with E-state index in [4.69, 9.17) is 5.84 Å².